The number of imide groups is 1. The van der Waals surface area contributed by atoms with Crippen molar-refractivity contribution in [1.82, 2.24) is 20.7 Å². The van der Waals surface area contributed by atoms with E-state index in [1.807, 2.05) is 6.07 Å². The molecule has 0 aromatic heterocycles. The van der Waals surface area contributed by atoms with Gasteiger partial charge in [-0.25, -0.2) is 4.79 Å². The smallest absolute Gasteiger partial charge is 0.318 e. The van der Waals surface area contributed by atoms with Crippen LogP contribution in [0.5, 0.6) is 0 Å². The third-order valence-electron chi connectivity index (χ3n) is 5.09. The SMILES string of the molecule is C[C@@H]1C[C@@H](C)CN(CC(=O)NN2C(=O)N[C@](C)(c3ccccc3)C2=O)C1. The van der Waals surface area contributed by atoms with Gasteiger partial charge in [-0.15, -0.1) is 0 Å². The molecule has 2 fully saturated rings. The molecule has 26 heavy (non-hydrogen) atoms. The minimum Gasteiger partial charge on any atom is -0.318 e. The summed E-state index contributed by atoms with van der Waals surface area (Å²) in [7, 11) is 0. The van der Waals surface area contributed by atoms with Gasteiger partial charge in [0.25, 0.3) is 11.8 Å². The highest BCUT2D eigenvalue weighted by Crippen LogP contribution is 2.27. The van der Waals surface area contributed by atoms with E-state index in [0.717, 1.165) is 24.5 Å². The Morgan fingerprint density at radius 1 is 1.19 bits per heavy atom. The molecule has 7 nitrogen and oxygen atoms in total. The predicted molar refractivity (Wildman–Crippen MR) is 96.7 cm³/mol. The summed E-state index contributed by atoms with van der Waals surface area (Å²) in [4.78, 5) is 39.5. The molecule has 2 aliphatic rings. The van der Waals surface area contributed by atoms with E-state index in [1.165, 1.54) is 0 Å². The fourth-order valence-corrected chi connectivity index (χ4v) is 3.99. The number of piperidine rings is 1. The Bertz CT molecular complexity index is 698. The van der Waals surface area contributed by atoms with E-state index >= 15 is 0 Å². The first kappa shape index (κ1) is 18.4. The minimum atomic E-state index is -1.18. The quantitative estimate of drug-likeness (QED) is 0.799. The van der Waals surface area contributed by atoms with Crippen molar-refractivity contribution in [1.29, 1.82) is 0 Å². The third kappa shape index (κ3) is 3.58. The Morgan fingerprint density at radius 3 is 2.42 bits per heavy atom. The molecule has 2 aliphatic heterocycles. The normalized spacial score (nSPS) is 29.6. The molecule has 0 saturated carbocycles. The molecule has 0 aliphatic carbocycles. The molecule has 7 heteroatoms. The zero-order valence-corrected chi connectivity index (χ0v) is 15.5. The zero-order valence-electron chi connectivity index (χ0n) is 15.5. The maximum absolute atomic E-state index is 12.8. The van der Waals surface area contributed by atoms with Gasteiger partial charge in [0.15, 0.2) is 0 Å². The summed E-state index contributed by atoms with van der Waals surface area (Å²) in [5.41, 5.74) is 1.97. The van der Waals surface area contributed by atoms with E-state index in [0.29, 0.717) is 17.4 Å². The molecule has 2 heterocycles. The summed E-state index contributed by atoms with van der Waals surface area (Å²) in [5, 5.41) is 3.48. The molecule has 0 spiro atoms. The second kappa shape index (κ2) is 7.07. The highest BCUT2D eigenvalue weighted by molar-refractivity contribution is 6.08. The number of likely N-dealkylation sites (tertiary alicyclic amines) is 1. The van der Waals surface area contributed by atoms with Crippen molar-refractivity contribution in [2.24, 2.45) is 11.8 Å². The first-order valence-corrected chi connectivity index (χ1v) is 9.03. The van der Waals surface area contributed by atoms with Gasteiger partial charge < -0.3 is 5.32 Å². The first-order chi connectivity index (χ1) is 12.3. The average molecular weight is 358 g/mol. The van der Waals surface area contributed by atoms with Crippen LogP contribution >= 0.6 is 0 Å². The van der Waals surface area contributed by atoms with Gasteiger partial charge in [0, 0.05) is 13.1 Å². The van der Waals surface area contributed by atoms with E-state index in [9.17, 15) is 14.4 Å². The molecular weight excluding hydrogens is 332 g/mol. The molecule has 4 amide bonds. The van der Waals surface area contributed by atoms with Crippen molar-refractivity contribution in [3.05, 3.63) is 35.9 Å². The molecule has 1 aromatic carbocycles. The van der Waals surface area contributed by atoms with Crippen molar-refractivity contribution in [3.63, 3.8) is 0 Å². The predicted octanol–water partition coefficient (Wildman–Crippen LogP) is 1.46. The van der Waals surface area contributed by atoms with Gasteiger partial charge >= 0.3 is 6.03 Å². The maximum Gasteiger partial charge on any atom is 0.344 e. The van der Waals surface area contributed by atoms with Crippen molar-refractivity contribution < 1.29 is 14.4 Å². The second-order valence-corrected chi connectivity index (χ2v) is 7.74. The Balaban J connectivity index is 1.65. The number of hydrogen-bond acceptors (Lipinski definition) is 4. The molecule has 0 radical (unpaired) electrons. The van der Waals surface area contributed by atoms with Gasteiger partial charge in [-0.05, 0) is 30.7 Å². The minimum absolute atomic E-state index is 0.174. The summed E-state index contributed by atoms with van der Waals surface area (Å²) in [6.07, 6.45) is 1.15. The highest BCUT2D eigenvalue weighted by atomic mass is 16.2. The molecule has 3 atom stereocenters. The lowest BCUT2D eigenvalue weighted by Crippen LogP contribution is -2.52. The van der Waals surface area contributed by atoms with Crippen LogP contribution in [0.4, 0.5) is 4.79 Å². The van der Waals surface area contributed by atoms with E-state index in [4.69, 9.17) is 0 Å². The molecule has 2 saturated heterocycles. The second-order valence-electron chi connectivity index (χ2n) is 7.74. The van der Waals surface area contributed by atoms with Crippen molar-refractivity contribution in [2.75, 3.05) is 19.6 Å². The van der Waals surface area contributed by atoms with Crippen LogP contribution in [-0.2, 0) is 15.1 Å². The summed E-state index contributed by atoms with van der Waals surface area (Å²) >= 11 is 0. The number of amides is 4. The van der Waals surface area contributed by atoms with Crippen LogP contribution in [-0.4, -0.2) is 47.4 Å². The van der Waals surface area contributed by atoms with E-state index in [2.05, 4.69) is 29.5 Å². The van der Waals surface area contributed by atoms with Crippen LogP contribution in [0.3, 0.4) is 0 Å². The lowest BCUT2D eigenvalue weighted by molar-refractivity contribution is -0.139. The molecule has 140 valence electrons. The third-order valence-corrected chi connectivity index (χ3v) is 5.09. The number of rotatable bonds is 4. The molecule has 3 rings (SSSR count). The summed E-state index contributed by atoms with van der Waals surface area (Å²) in [5.74, 6) is 0.226. The molecular formula is C19H26N4O3. The molecule has 0 unspecified atom stereocenters. The van der Waals surface area contributed by atoms with Gasteiger partial charge in [-0.3, -0.25) is 19.9 Å². The topological polar surface area (TPSA) is 81.8 Å². The number of hydrazine groups is 1. The lowest BCUT2D eigenvalue weighted by Gasteiger charge is -2.34. The summed E-state index contributed by atoms with van der Waals surface area (Å²) in [6.45, 7) is 7.85. The van der Waals surface area contributed by atoms with Crippen molar-refractivity contribution in [2.45, 2.75) is 32.7 Å². The van der Waals surface area contributed by atoms with Crippen LogP contribution in [0.25, 0.3) is 0 Å². The van der Waals surface area contributed by atoms with Gasteiger partial charge in [0.05, 0.1) is 6.54 Å². The van der Waals surface area contributed by atoms with E-state index in [-0.39, 0.29) is 12.5 Å². The summed E-state index contributed by atoms with van der Waals surface area (Å²) < 4.78 is 0. The van der Waals surface area contributed by atoms with Crippen LogP contribution in [0.15, 0.2) is 30.3 Å². The number of benzene rings is 1. The van der Waals surface area contributed by atoms with Crippen LogP contribution in [0.1, 0.15) is 32.8 Å². The van der Waals surface area contributed by atoms with E-state index < -0.39 is 17.5 Å². The largest absolute Gasteiger partial charge is 0.344 e. The fourth-order valence-electron chi connectivity index (χ4n) is 3.99. The standard InChI is InChI=1S/C19H26N4O3/c1-13-9-14(2)11-22(10-13)12-16(24)21-23-17(25)19(3,20-18(23)26)15-7-5-4-6-8-15/h4-8,13-14H,9-12H2,1-3H3,(H,20,26)(H,21,24)/t13-,14-,19-/m1/s1. The summed E-state index contributed by atoms with van der Waals surface area (Å²) in [6, 6.07) is 8.39. The Labute approximate surface area is 153 Å². The number of carbonyl (C=O) groups is 3. The van der Waals surface area contributed by atoms with Crippen LogP contribution in [0.2, 0.25) is 0 Å². The average Bonchev–Trinajstić information content (AvgIpc) is 2.79. The zero-order chi connectivity index (χ0) is 18.9. The monoisotopic (exact) mass is 358 g/mol. The maximum atomic E-state index is 12.8. The van der Waals surface area contributed by atoms with Crippen LogP contribution in [0, 0.1) is 11.8 Å². The van der Waals surface area contributed by atoms with Gasteiger partial charge in [-0.2, -0.15) is 5.01 Å². The number of hydrogen-bond donors (Lipinski definition) is 2. The Morgan fingerprint density at radius 2 is 1.81 bits per heavy atom. The van der Waals surface area contributed by atoms with Crippen molar-refractivity contribution >= 4 is 17.8 Å². The lowest BCUT2D eigenvalue weighted by atomic mass is 9.92. The Kier molecular flexibility index (Phi) is 5.00. The first-order valence-electron chi connectivity index (χ1n) is 9.03. The fraction of sp³-hybridized carbons (Fsp3) is 0.526. The number of urea groups is 1. The van der Waals surface area contributed by atoms with Gasteiger partial charge in [0.2, 0.25) is 0 Å². The molecule has 2 N–H and O–H groups in total. The number of nitrogens with zero attached hydrogens (tertiary/aromatic N) is 2. The van der Waals surface area contributed by atoms with Gasteiger partial charge in [0.1, 0.15) is 5.54 Å². The number of nitrogens with one attached hydrogen (secondary N) is 2. The van der Waals surface area contributed by atoms with Crippen molar-refractivity contribution in [3.8, 4) is 0 Å². The molecule has 1 aromatic rings. The molecule has 0 bridgehead atoms. The van der Waals surface area contributed by atoms with E-state index in [1.54, 1.807) is 31.2 Å². The Hall–Kier alpha value is -2.41. The van der Waals surface area contributed by atoms with Gasteiger partial charge in [-0.1, -0.05) is 44.2 Å². The van der Waals surface area contributed by atoms with Crippen LogP contribution < -0.4 is 10.7 Å². The number of carbonyl (C=O) groups excluding carboxylic acids is 3. The highest BCUT2D eigenvalue weighted by Gasteiger charge is 2.50.